The van der Waals surface area contributed by atoms with Crippen LogP contribution in [0.3, 0.4) is 0 Å². The Morgan fingerprint density at radius 2 is 2.00 bits per heavy atom. The highest BCUT2D eigenvalue weighted by atomic mass is 17.2. The first-order valence-corrected chi connectivity index (χ1v) is 4.42. The molecule has 0 rings (SSSR count). The van der Waals surface area contributed by atoms with Crippen molar-refractivity contribution in [1.82, 2.24) is 0 Å². The van der Waals surface area contributed by atoms with E-state index >= 15 is 0 Å². The Kier molecular flexibility index (Phi) is 5.99. The lowest BCUT2D eigenvalue weighted by molar-refractivity contribution is -0.364. The van der Waals surface area contributed by atoms with Crippen LogP contribution in [0, 0.1) is 0 Å². The van der Waals surface area contributed by atoms with E-state index in [2.05, 4.69) is 16.8 Å². The predicted molar refractivity (Wildman–Crippen MR) is 55.8 cm³/mol. The van der Waals surface area contributed by atoms with E-state index in [1.807, 2.05) is 20.8 Å². The largest absolute Gasteiger partial charge is 0.228 e. The summed E-state index contributed by atoms with van der Waals surface area (Å²) in [5.74, 6) is 0. The molecule has 0 aromatic heterocycles. The molecule has 0 saturated carbocycles. The first-order chi connectivity index (χ1) is 6.49. The van der Waals surface area contributed by atoms with E-state index in [0.717, 1.165) is 0 Å². The summed E-state index contributed by atoms with van der Waals surface area (Å²) in [5.41, 5.74) is -0.358. The SMILES string of the molecule is C=CC=CC(N=NC)OOC(C)(C)C. The first kappa shape index (κ1) is 13.0. The van der Waals surface area contributed by atoms with Gasteiger partial charge in [0.25, 0.3) is 0 Å². The molecule has 0 aliphatic heterocycles. The molecule has 0 N–H and O–H groups in total. The highest BCUT2D eigenvalue weighted by Crippen LogP contribution is 2.10. The van der Waals surface area contributed by atoms with Crippen LogP contribution < -0.4 is 0 Å². The summed E-state index contributed by atoms with van der Waals surface area (Å²) in [7, 11) is 1.58. The van der Waals surface area contributed by atoms with Gasteiger partial charge in [0.1, 0.15) is 0 Å². The summed E-state index contributed by atoms with van der Waals surface area (Å²) in [6, 6.07) is 0. The van der Waals surface area contributed by atoms with Gasteiger partial charge in [-0.25, -0.2) is 9.78 Å². The topological polar surface area (TPSA) is 43.2 Å². The van der Waals surface area contributed by atoms with Crippen LogP contribution in [0.5, 0.6) is 0 Å². The Bertz CT molecular complexity index is 217. The summed E-state index contributed by atoms with van der Waals surface area (Å²) in [5, 5.41) is 7.43. The van der Waals surface area contributed by atoms with Crippen molar-refractivity contribution < 1.29 is 9.78 Å². The molecule has 0 spiro atoms. The zero-order chi connectivity index (χ0) is 11.0. The summed E-state index contributed by atoms with van der Waals surface area (Å²) >= 11 is 0. The highest BCUT2D eigenvalue weighted by Gasteiger charge is 2.14. The smallest absolute Gasteiger partial charge is 0.221 e. The number of azo groups is 1. The molecule has 1 atom stereocenters. The zero-order valence-corrected chi connectivity index (χ0v) is 9.23. The standard InChI is InChI=1S/C10H18N2O2/c1-6-7-8-9(12-11-5)13-14-10(2,3)4/h6-9H,1H2,2-5H3. The summed E-state index contributed by atoms with van der Waals surface area (Å²) in [6.45, 7) is 9.23. The van der Waals surface area contributed by atoms with Crippen molar-refractivity contribution in [3.63, 3.8) is 0 Å². The molecule has 0 bridgehead atoms. The van der Waals surface area contributed by atoms with E-state index in [1.54, 1.807) is 25.3 Å². The van der Waals surface area contributed by atoms with Crippen molar-refractivity contribution in [1.29, 1.82) is 0 Å². The monoisotopic (exact) mass is 198 g/mol. The van der Waals surface area contributed by atoms with Crippen LogP contribution in [0.2, 0.25) is 0 Å². The van der Waals surface area contributed by atoms with Crippen molar-refractivity contribution >= 4 is 0 Å². The Morgan fingerprint density at radius 1 is 1.36 bits per heavy atom. The van der Waals surface area contributed by atoms with E-state index < -0.39 is 6.23 Å². The minimum absolute atomic E-state index is 0.358. The van der Waals surface area contributed by atoms with Gasteiger partial charge in [-0.2, -0.15) is 10.2 Å². The molecule has 1 unspecified atom stereocenters. The second-order valence-corrected chi connectivity index (χ2v) is 3.62. The van der Waals surface area contributed by atoms with Gasteiger partial charge in [0.15, 0.2) is 0 Å². The number of allylic oxidation sites excluding steroid dienone is 2. The van der Waals surface area contributed by atoms with Crippen LogP contribution >= 0.6 is 0 Å². The average molecular weight is 198 g/mol. The Hall–Kier alpha value is -1.00. The van der Waals surface area contributed by atoms with Gasteiger partial charge in [0.05, 0.1) is 5.60 Å². The maximum atomic E-state index is 5.10. The minimum atomic E-state index is -0.516. The molecule has 0 aliphatic carbocycles. The molecular formula is C10H18N2O2. The molecule has 0 heterocycles. The van der Waals surface area contributed by atoms with Gasteiger partial charge >= 0.3 is 0 Å². The van der Waals surface area contributed by atoms with Gasteiger partial charge in [0.2, 0.25) is 6.23 Å². The molecule has 0 aromatic rings. The molecule has 0 fully saturated rings. The third-order valence-corrected chi connectivity index (χ3v) is 1.04. The van der Waals surface area contributed by atoms with Crippen molar-refractivity contribution in [3.8, 4) is 0 Å². The van der Waals surface area contributed by atoms with Gasteiger partial charge in [-0.1, -0.05) is 18.7 Å². The summed E-state index contributed by atoms with van der Waals surface area (Å²) < 4.78 is 0. The lowest BCUT2D eigenvalue weighted by Crippen LogP contribution is -2.22. The number of hydrogen-bond acceptors (Lipinski definition) is 4. The number of hydrogen-bond donors (Lipinski definition) is 0. The summed E-state index contributed by atoms with van der Waals surface area (Å²) in [4.78, 5) is 10.2. The fourth-order valence-corrected chi connectivity index (χ4v) is 0.571. The van der Waals surface area contributed by atoms with Crippen LogP contribution in [0.15, 0.2) is 35.0 Å². The van der Waals surface area contributed by atoms with Crippen molar-refractivity contribution in [2.75, 3.05) is 7.05 Å². The number of nitrogens with zero attached hydrogens (tertiary/aromatic N) is 2. The second-order valence-electron chi connectivity index (χ2n) is 3.62. The summed E-state index contributed by atoms with van der Waals surface area (Å²) in [6.07, 6.45) is 4.55. The maximum absolute atomic E-state index is 5.10. The molecule has 14 heavy (non-hydrogen) atoms. The van der Waals surface area contributed by atoms with Crippen LogP contribution in [-0.4, -0.2) is 18.9 Å². The molecule has 0 radical (unpaired) electrons. The molecular weight excluding hydrogens is 180 g/mol. The van der Waals surface area contributed by atoms with Gasteiger partial charge in [-0.3, -0.25) is 0 Å². The molecule has 0 amide bonds. The number of rotatable bonds is 5. The van der Waals surface area contributed by atoms with Crippen LogP contribution in [0.4, 0.5) is 0 Å². The Balaban J connectivity index is 4.10. The van der Waals surface area contributed by atoms with E-state index in [-0.39, 0.29) is 5.60 Å². The molecule has 80 valence electrons. The van der Waals surface area contributed by atoms with Gasteiger partial charge in [-0.15, -0.1) is 0 Å². The van der Waals surface area contributed by atoms with Gasteiger partial charge < -0.3 is 0 Å². The van der Waals surface area contributed by atoms with Gasteiger partial charge in [0, 0.05) is 7.05 Å². The average Bonchev–Trinajstić information content (AvgIpc) is 2.08. The van der Waals surface area contributed by atoms with Crippen molar-refractivity contribution in [3.05, 3.63) is 24.8 Å². The van der Waals surface area contributed by atoms with Crippen molar-refractivity contribution in [2.24, 2.45) is 10.2 Å². The molecule has 0 saturated heterocycles. The van der Waals surface area contributed by atoms with E-state index in [1.165, 1.54) is 0 Å². The lowest BCUT2D eigenvalue weighted by atomic mass is 10.2. The van der Waals surface area contributed by atoms with E-state index in [4.69, 9.17) is 9.78 Å². The predicted octanol–water partition coefficient (Wildman–Crippen LogP) is 2.88. The van der Waals surface area contributed by atoms with Crippen LogP contribution in [-0.2, 0) is 9.78 Å². The van der Waals surface area contributed by atoms with Crippen LogP contribution in [0.25, 0.3) is 0 Å². The molecule has 0 aliphatic rings. The van der Waals surface area contributed by atoms with Gasteiger partial charge in [-0.05, 0) is 26.8 Å². The fraction of sp³-hybridized carbons (Fsp3) is 0.600. The molecule has 0 aromatic carbocycles. The quantitative estimate of drug-likeness (QED) is 0.295. The lowest BCUT2D eigenvalue weighted by Gasteiger charge is -2.19. The third kappa shape index (κ3) is 7.64. The van der Waals surface area contributed by atoms with Crippen LogP contribution in [0.1, 0.15) is 20.8 Å². The Morgan fingerprint density at radius 3 is 2.43 bits per heavy atom. The van der Waals surface area contributed by atoms with Crippen molar-refractivity contribution in [2.45, 2.75) is 32.6 Å². The second kappa shape index (κ2) is 6.45. The normalized spacial score (nSPS) is 15.1. The molecule has 4 heteroatoms. The fourth-order valence-electron chi connectivity index (χ4n) is 0.571. The Labute approximate surface area is 85.2 Å². The first-order valence-electron chi connectivity index (χ1n) is 4.42. The highest BCUT2D eigenvalue weighted by molar-refractivity contribution is 4.99. The van der Waals surface area contributed by atoms with E-state index in [0.29, 0.717) is 0 Å². The maximum Gasteiger partial charge on any atom is 0.221 e. The molecule has 4 nitrogen and oxygen atoms in total. The zero-order valence-electron chi connectivity index (χ0n) is 9.23. The van der Waals surface area contributed by atoms with E-state index in [9.17, 15) is 0 Å². The third-order valence-electron chi connectivity index (χ3n) is 1.04. The minimum Gasteiger partial charge on any atom is -0.228 e.